The van der Waals surface area contributed by atoms with Gasteiger partial charge in [0.25, 0.3) is 12.3 Å². The molecule has 1 aromatic carbocycles. The average molecular weight is 665 g/mol. The second-order valence-electron chi connectivity index (χ2n) is 11.5. The summed E-state index contributed by atoms with van der Waals surface area (Å²) in [5.74, 6) is -2.67. The van der Waals surface area contributed by atoms with Crippen molar-refractivity contribution >= 4 is 57.8 Å². The maximum absolute atomic E-state index is 13.1. The summed E-state index contributed by atoms with van der Waals surface area (Å²) in [6.07, 6.45) is -7.21. The molecule has 0 aliphatic heterocycles. The van der Waals surface area contributed by atoms with Gasteiger partial charge in [-0.25, -0.2) is 8.78 Å². The number of nitrogens with one attached hydrogen (secondary N) is 4. The van der Waals surface area contributed by atoms with Crippen molar-refractivity contribution in [3.8, 4) is 5.88 Å². The van der Waals surface area contributed by atoms with Gasteiger partial charge in [-0.3, -0.25) is 9.59 Å². The minimum absolute atomic E-state index is 0.0137. The van der Waals surface area contributed by atoms with E-state index in [1.165, 1.54) is 6.07 Å². The molecule has 0 atom stereocenters. The Hall–Kier alpha value is -3.39. The van der Waals surface area contributed by atoms with Gasteiger partial charge in [0, 0.05) is 18.0 Å². The number of aromatic nitrogens is 3. The van der Waals surface area contributed by atoms with Crippen LogP contribution in [0, 0.1) is 11.3 Å². The molecule has 44 heavy (non-hydrogen) atoms. The SMILES string of the molecule is CC(C)(C)C(=O)NCc1ccc(Cl)c(Nc2nc3nc(OCC(F)F)c(C(=O)NC4CCC(C(F)(F)F)CC4)cc3[nH]2)c1Cl. The standard InChI is InChI=1S/C28H31Cl2F5N6O3/c1-27(2,3)25(43)36-11-13-4-9-17(29)21(20(13)30)39-26-38-18-10-16(24(40-22(18)41-26)44-12-19(31)32)23(42)37-15-7-5-14(6-8-15)28(33,34)35/h4,9-10,14-15,19H,5-8,11-12H2,1-3H3,(H,36,43)(H,37,42)(H2,38,39,40,41). The number of carbonyl (C=O) groups is 2. The zero-order chi connectivity index (χ0) is 32.4. The van der Waals surface area contributed by atoms with Crippen LogP contribution in [0.1, 0.15) is 62.4 Å². The van der Waals surface area contributed by atoms with E-state index < -0.39 is 48.4 Å². The molecular weight excluding hydrogens is 634 g/mol. The number of fused-ring (bicyclic) bond motifs is 1. The van der Waals surface area contributed by atoms with E-state index in [1.54, 1.807) is 32.9 Å². The van der Waals surface area contributed by atoms with Crippen LogP contribution < -0.4 is 20.7 Å². The number of nitrogens with zero attached hydrogens (tertiary/aromatic N) is 2. The van der Waals surface area contributed by atoms with E-state index >= 15 is 0 Å². The van der Waals surface area contributed by atoms with Gasteiger partial charge < -0.3 is 25.7 Å². The summed E-state index contributed by atoms with van der Waals surface area (Å²) < 4.78 is 70.1. The van der Waals surface area contributed by atoms with Crippen LogP contribution in [0.15, 0.2) is 18.2 Å². The molecule has 0 unspecified atom stereocenters. The van der Waals surface area contributed by atoms with Crippen molar-refractivity contribution in [1.29, 1.82) is 0 Å². The minimum atomic E-state index is -4.30. The smallest absolute Gasteiger partial charge is 0.391 e. The second kappa shape index (κ2) is 13.3. The molecule has 0 saturated heterocycles. The van der Waals surface area contributed by atoms with E-state index in [0.29, 0.717) is 5.56 Å². The van der Waals surface area contributed by atoms with E-state index in [0.717, 1.165) is 0 Å². The normalized spacial score (nSPS) is 17.5. The molecule has 4 N–H and O–H groups in total. The number of H-pyrrole nitrogens is 1. The van der Waals surface area contributed by atoms with E-state index in [2.05, 4.69) is 30.9 Å². The number of carbonyl (C=O) groups excluding carboxylic acids is 2. The van der Waals surface area contributed by atoms with Crippen LogP contribution in [0.25, 0.3) is 11.2 Å². The summed E-state index contributed by atoms with van der Waals surface area (Å²) >= 11 is 13.0. The fourth-order valence-corrected chi connectivity index (χ4v) is 5.17. The van der Waals surface area contributed by atoms with Crippen LogP contribution in [-0.4, -0.2) is 52.0 Å². The first-order valence-electron chi connectivity index (χ1n) is 13.7. The molecule has 0 bridgehead atoms. The number of rotatable bonds is 9. The van der Waals surface area contributed by atoms with Crippen molar-refractivity contribution in [2.45, 2.75) is 71.6 Å². The molecule has 3 aromatic rings. The van der Waals surface area contributed by atoms with E-state index in [4.69, 9.17) is 27.9 Å². The van der Waals surface area contributed by atoms with E-state index in [1.807, 2.05) is 0 Å². The van der Waals surface area contributed by atoms with Gasteiger partial charge >= 0.3 is 6.18 Å². The zero-order valence-electron chi connectivity index (χ0n) is 24.0. The molecule has 240 valence electrons. The maximum atomic E-state index is 13.1. The van der Waals surface area contributed by atoms with Crippen LogP contribution in [0.5, 0.6) is 5.88 Å². The first-order chi connectivity index (χ1) is 20.5. The van der Waals surface area contributed by atoms with E-state index in [9.17, 15) is 31.5 Å². The molecule has 0 radical (unpaired) electrons. The largest absolute Gasteiger partial charge is 0.471 e. The topological polar surface area (TPSA) is 121 Å². The third-order valence-corrected chi connectivity index (χ3v) is 7.84. The third-order valence-electron chi connectivity index (χ3n) is 7.09. The van der Waals surface area contributed by atoms with Gasteiger partial charge in [0.15, 0.2) is 12.3 Å². The van der Waals surface area contributed by atoms with Gasteiger partial charge in [-0.2, -0.15) is 23.1 Å². The number of halogens is 7. The first kappa shape index (κ1) is 33.5. The second-order valence-corrected chi connectivity index (χ2v) is 12.3. The Balaban J connectivity index is 1.56. The van der Waals surface area contributed by atoms with Crippen LogP contribution in [0.2, 0.25) is 10.0 Å². The molecule has 2 amide bonds. The van der Waals surface area contributed by atoms with Gasteiger partial charge in [-0.1, -0.05) is 50.0 Å². The highest BCUT2D eigenvalue weighted by Gasteiger charge is 2.41. The molecule has 9 nitrogen and oxygen atoms in total. The van der Waals surface area contributed by atoms with Crippen molar-refractivity contribution in [3.05, 3.63) is 39.4 Å². The number of anilines is 2. The number of benzene rings is 1. The van der Waals surface area contributed by atoms with E-state index in [-0.39, 0.29) is 76.5 Å². The molecular formula is C28H31Cl2F5N6O3. The van der Waals surface area contributed by atoms with Crippen LogP contribution in [0.3, 0.4) is 0 Å². The number of pyridine rings is 1. The van der Waals surface area contributed by atoms with Crippen molar-refractivity contribution in [2.24, 2.45) is 11.3 Å². The quantitative estimate of drug-likeness (QED) is 0.180. The highest BCUT2D eigenvalue weighted by molar-refractivity contribution is 6.39. The molecule has 2 aromatic heterocycles. The zero-order valence-corrected chi connectivity index (χ0v) is 25.5. The van der Waals surface area contributed by atoms with Crippen molar-refractivity contribution in [2.75, 3.05) is 11.9 Å². The molecule has 2 heterocycles. The molecule has 1 fully saturated rings. The Labute approximate surface area is 259 Å². The lowest BCUT2D eigenvalue weighted by molar-refractivity contribution is -0.182. The molecule has 0 spiro atoms. The number of hydrogen-bond acceptors (Lipinski definition) is 6. The Kier molecular flexibility index (Phi) is 10.1. The Bertz CT molecular complexity index is 1520. The number of alkyl halides is 5. The van der Waals surface area contributed by atoms with Crippen molar-refractivity contribution < 1.29 is 36.3 Å². The summed E-state index contributed by atoms with van der Waals surface area (Å²) in [7, 11) is 0. The number of ether oxygens (including phenoxy) is 1. The first-order valence-corrected chi connectivity index (χ1v) is 14.5. The maximum Gasteiger partial charge on any atom is 0.391 e. The fraction of sp³-hybridized carbons (Fsp3) is 0.500. The molecule has 16 heteroatoms. The molecule has 1 saturated carbocycles. The fourth-order valence-electron chi connectivity index (χ4n) is 4.63. The lowest BCUT2D eigenvalue weighted by atomic mass is 9.85. The number of imidazole rings is 1. The predicted molar refractivity (Wildman–Crippen MR) is 156 cm³/mol. The van der Waals surface area contributed by atoms with Crippen molar-refractivity contribution in [3.63, 3.8) is 0 Å². The summed E-state index contributed by atoms with van der Waals surface area (Å²) in [4.78, 5) is 36.8. The van der Waals surface area contributed by atoms with Gasteiger partial charge in [0.05, 0.1) is 27.2 Å². The monoisotopic (exact) mass is 664 g/mol. The summed E-state index contributed by atoms with van der Waals surface area (Å²) in [5, 5.41) is 8.87. The summed E-state index contributed by atoms with van der Waals surface area (Å²) in [6.45, 7) is 4.40. The Morgan fingerprint density at radius 3 is 2.39 bits per heavy atom. The van der Waals surface area contributed by atoms with Crippen LogP contribution >= 0.6 is 23.2 Å². The summed E-state index contributed by atoms with van der Waals surface area (Å²) in [5.41, 5.74) is 0.261. The molecule has 1 aliphatic carbocycles. The van der Waals surface area contributed by atoms with Crippen molar-refractivity contribution in [1.82, 2.24) is 25.6 Å². The minimum Gasteiger partial charge on any atom is -0.471 e. The van der Waals surface area contributed by atoms with Gasteiger partial charge in [-0.15, -0.1) is 0 Å². The summed E-state index contributed by atoms with van der Waals surface area (Å²) in [6, 6.07) is 4.01. The lowest BCUT2D eigenvalue weighted by Gasteiger charge is -2.30. The lowest BCUT2D eigenvalue weighted by Crippen LogP contribution is -2.40. The molecule has 1 aliphatic rings. The van der Waals surface area contributed by atoms with Gasteiger partial charge in [0.1, 0.15) is 5.56 Å². The Morgan fingerprint density at radius 1 is 1.09 bits per heavy atom. The highest BCUT2D eigenvalue weighted by atomic mass is 35.5. The number of aromatic amines is 1. The van der Waals surface area contributed by atoms with Gasteiger partial charge in [0.2, 0.25) is 17.7 Å². The average Bonchev–Trinajstić information content (AvgIpc) is 3.33. The number of amides is 2. The Morgan fingerprint density at radius 2 is 1.77 bits per heavy atom. The highest BCUT2D eigenvalue weighted by Crippen LogP contribution is 2.38. The predicted octanol–water partition coefficient (Wildman–Crippen LogP) is 7.17. The van der Waals surface area contributed by atoms with Crippen LogP contribution in [-0.2, 0) is 11.3 Å². The third kappa shape index (κ3) is 8.20. The molecule has 4 rings (SSSR count). The van der Waals surface area contributed by atoms with Gasteiger partial charge in [-0.05, 0) is 43.4 Å². The van der Waals surface area contributed by atoms with Crippen LogP contribution in [0.4, 0.5) is 33.6 Å². The number of hydrogen-bond donors (Lipinski definition) is 4.